The van der Waals surface area contributed by atoms with Crippen molar-refractivity contribution in [2.24, 2.45) is 11.2 Å². The van der Waals surface area contributed by atoms with Gasteiger partial charge in [-0.25, -0.2) is 9.80 Å². The fraction of sp³-hybridized carbons (Fsp3) is 0.889. The predicted octanol–water partition coefficient (Wildman–Crippen LogP) is 1.08. The second-order valence-electron chi connectivity index (χ2n) is 3.89. The number of esters is 1. The summed E-state index contributed by atoms with van der Waals surface area (Å²) >= 11 is 0. The fourth-order valence-corrected chi connectivity index (χ4v) is 2.61. The van der Waals surface area contributed by atoms with Crippen LogP contribution in [0.1, 0.15) is 26.2 Å². The summed E-state index contributed by atoms with van der Waals surface area (Å²) < 4.78 is 4.93. The molecule has 78 valence electrons. The first-order valence-corrected chi connectivity index (χ1v) is 5.06. The van der Waals surface area contributed by atoms with Crippen LogP contribution in [0.3, 0.4) is 0 Å². The molecule has 2 aliphatic rings. The average Bonchev–Trinajstić information content (AvgIpc) is 2.76. The van der Waals surface area contributed by atoms with Gasteiger partial charge in [-0.1, -0.05) is 0 Å². The molecule has 0 amide bonds. The smallest absolute Gasteiger partial charge is 0.330 e. The predicted molar refractivity (Wildman–Crippen MR) is 49.2 cm³/mol. The van der Waals surface area contributed by atoms with Crippen molar-refractivity contribution in [3.05, 3.63) is 4.91 Å². The summed E-state index contributed by atoms with van der Waals surface area (Å²) in [7, 11) is 0. The Bertz CT molecular complexity index is 256. The van der Waals surface area contributed by atoms with E-state index in [1.807, 2.05) is 0 Å². The Kier molecular flexibility index (Phi) is 2.39. The minimum Gasteiger partial charge on any atom is -0.464 e. The lowest BCUT2D eigenvalue weighted by molar-refractivity contribution is -0.151. The van der Waals surface area contributed by atoms with Crippen LogP contribution in [0.5, 0.6) is 0 Å². The van der Waals surface area contributed by atoms with Crippen LogP contribution >= 0.6 is 0 Å². The van der Waals surface area contributed by atoms with Gasteiger partial charge >= 0.3 is 5.97 Å². The lowest BCUT2D eigenvalue weighted by Crippen LogP contribution is -2.43. The maximum absolute atomic E-state index is 11.5. The van der Waals surface area contributed by atoms with Gasteiger partial charge < -0.3 is 4.74 Å². The number of piperidine rings is 1. The van der Waals surface area contributed by atoms with Crippen LogP contribution in [-0.4, -0.2) is 29.7 Å². The topological polar surface area (TPSA) is 59.0 Å². The van der Waals surface area contributed by atoms with Gasteiger partial charge in [0.2, 0.25) is 0 Å². The van der Waals surface area contributed by atoms with Crippen LogP contribution in [0.2, 0.25) is 0 Å². The largest absolute Gasteiger partial charge is 0.464 e. The lowest BCUT2D eigenvalue weighted by Gasteiger charge is -2.28. The number of nitrogens with zero attached hydrogens (tertiary/aromatic N) is 2. The summed E-state index contributed by atoms with van der Waals surface area (Å²) in [5, 5.41) is 4.33. The van der Waals surface area contributed by atoms with Crippen molar-refractivity contribution in [2.75, 3.05) is 6.61 Å². The Morgan fingerprint density at radius 3 is 3.00 bits per heavy atom. The molecule has 0 spiro atoms. The Morgan fingerprint density at radius 2 is 2.36 bits per heavy atom. The number of rotatable bonds is 3. The molecule has 3 unspecified atom stereocenters. The molecule has 1 saturated carbocycles. The number of carbonyl (C=O) groups excluding carboxylic acids is 1. The molecule has 2 bridgehead atoms. The number of carbonyl (C=O) groups is 1. The average molecular weight is 198 g/mol. The highest BCUT2D eigenvalue weighted by Gasteiger charge is 2.50. The van der Waals surface area contributed by atoms with Gasteiger partial charge in [0.25, 0.3) is 0 Å². The van der Waals surface area contributed by atoms with E-state index in [1.165, 1.54) is 5.01 Å². The highest BCUT2D eigenvalue weighted by Crippen LogP contribution is 2.42. The van der Waals surface area contributed by atoms with Crippen molar-refractivity contribution >= 4 is 5.97 Å². The number of fused-ring (bicyclic) bond motifs is 2. The van der Waals surface area contributed by atoms with E-state index in [-0.39, 0.29) is 17.9 Å². The zero-order valence-corrected chi connectivity index (χ0v) is 8.18. The first kappa shape index (κ1) is 9.43. The first-order chi connectivity index (χ1) is 6.77. The molecule has 14 heavy (non-hydrogen) atoms. The molecular weight excluding hydrogens is 184 g/mol. The molecule has 5 nitrogen and oxygen atoms in total. The second kappa shape index (κ2) is 3.55. The van der Waals surface area contributed by atoms with E-state index in [9.17, 15) is 9.70 Å². The zero-order valence-electron chi connectivity index (χ0n) is 8.18. The van der Waals surface area contributed by atoms with E-state index in [1.54, 1.807) is 6.92 Å². The highest BCUT2D eigenvalue weighted by molar-refractivity contribution is 5.76. The van der Waals surface area contributed by atoms with E-state index in [4.69, 9.17) is 4.74 Å². The van der Waals surface area contributed by atoms with Crippen molar-refractivity contribution in [2.45, 2.75) is 38.3 Å². The number of hydrogen-bond donors (Lipinski definition) is 0. The van der Waals surface area contributed by atoms with Crippen molar-refractivity contribution in [3.8, 4) is 0 Å². The molecule has 1 heterocycles. The quantitative estimate of drug-likeness (QED) is 0.503. The summed E-state index contributed by atoms with van der Waals surface area (Å²) in [5.74, 6) is -0.0175. The molecular formula is C9H14N2O3. The Balaban J connectivity index is 2.09. The van der Waals surface area contributed by atoms with Crippen LogP contribution in [0.25, 0.3) is 0 Å². The highest BCUT2D eigenvalue weighted by atomic mass is 16.5. The van der Waals surface area contributed by atoms with E-state index in [0.717, 1.165) is 19.3 Å². The van der Waals surface area contributed by atoms with Gasteiger partial charge in [-0.05, 0) is 32.1 Å². The van der Waals surface area contributed by atoms with Gasteiger partial charge in [0.15, 0.2) is 6.04 Å². The zero-order chi connectivity index (χ0) is 10.1. The summed E-state index contributed by atoms with van der Waals surface area (Å²) in [4.78, 5) is 22.1. The van der Waals surface area contributed by atoms with Crippen molar-refractivity contribution in [3.63, 3.8) is 0 Å². The third-order valence-corrected chi connectivity index (χ3v) is 3.17. The summed E-state index contributed by atoms with van der Waals surface area (Å²) in [6, 6.07) is -0.238. The molecule has 0 aromatic heterocycles. The van der Waals surface area contributed by atoms with Crippen LogP contribution in [0.15, 0.2) is 5.29 Å². The van der Waals surface area contributed by atoms with Gasteiger partial charge in [-0.15, -0.1) is 4.91 Å². The van der Waals surface area contributed by atoms with Gasteiger partial charge in [0, 0.05) is 0 Å². The normalized spacial score (nSPS) is 34.6. The Morgan fingerprint density at radius 1 is 1.57 bits per heavy atom. The van der Waals surface area contributed by atoms with Gasteiger partial charge in [-0.2, -0.15) is 0 Å². The first-order valence-electron chi connectivity index (χ1n) is 5.06. The molecule has 1 saturated heterocycles. The number of nitroso groups, excluding NO2 is 1. The minimum atomic E-state index is -0.411. The summed E-state index contributed by atoms with van der Waals surface area (Å²) in [6.45, 7) is 2.13. The van der Waals surface area contributed by atoms with Crippen LogP contribution in [0.4, 0.5) is 0 Å². The van der Waals surface area contributed by atoms with Crippen molar-refractivity contribution in [1.29, 1.82) is 0 Å². The standard InChI is InChI=1S/C9H14N2O3/c1-2-14-9(12)8-6-3-4-7(5-6)11(8)10-13/h6-8H,2-5H2,1H3. The maximum Gasteiger partial charge on any atom is 0.330 e. The van der Waals surface area contributed by atoms with E-state index in [2.05, 4.69) is 5.29 Å². The second-order valence-corrected chi connectivity index (χ2v) is 3.89. The van der Waals surface area contributed by atoms with E-state index in [0.29, 0.717) is 6.61 Å². The van der Waals surface area contributed by atoms with Crippen molar-refractivity contribution in [1.82, 2.24) is 5.01 Å². The molecule has 0 aromatic carbocycles. The van der Waals surface area contributed by atoms with E-state index < -0.39 is 6.04 Å². The molecule has 1 aliphatic heterocycles. The SMILES string of the molecule is CCOC(=O)C1C2CCC(C2)N1N=O. The van der Waals surface area contributed by atoms with Crippen molar-refractivity contribution < 1.29 is 9.53 Å². The molecule has 2 fully saturated rings. The number of ether oxygens (including phenoxy) is 1. The van der Waals surface area contributed by atoms with E-state index >= 15 is 0 Å². The van der Waals surface area contributed by atoms with Crippen LogP contribution in [-0.2, 0) is 9.53 Å². The number of hydrogen-bond acceptors (Lipinski definition) is 4. The Labute approximate surface area is 82.3 Å². The molecule has 0 N–H and O–H groups in total. The van der Waals surface area contributed by atoms with Crippen LogP contribution in [0, 0.1) is 10.8 Å². The minimum absolute atomic E-state index is 0.173. The molecule has 5 heteroatoms. The molecule has 1 aliphatic carbocycles. The molecule has 2 rings (SSSR count). The third kappa shape index (κ3) is 1.27. The molecule has 3 atom stereocenters. The lowest BCUT2D eigenvalue weighted by atomic mass is 10.00. The van der Waals surface area contributed by atoms with Crippen LogP contribution < -0.4 is 0 Å². The fourth-order valence-electron chi connectivity index (χ4n) is 2.61. The van der Waals surface area contributed by atoms with Gasteiger partial charge in [0.1, 0.15) is 0 Å². The summed E-state index contributed by atoms with van der Waals surface area (Å²) in [6.07, 6.45) is 2.90. The molecule has 0 radical (unpaired) electrons. The summed E-state index contributed by atoms with van der Waals surface area (Å²) in [5.41, 5.74) is 0. The third-order valence-electron chi connectivity index (χ3n) is 3.17. The van der Waals surface area contributed by atoms with Gasteiger partial charge in [-0.3, -0.25) is 0 Å². The maximum atomic E-state index is 11.5. The van der Waals surface area contributed by atoms with Gasteiger partial charge in [0.05, 0.1) is 17.9 Å². The molecule has 0 aromatic rings. The monoisotopic (exact) mass is 198 g/mol. The Hall–Kier alpha value is -1.13.